The van der Waals surface area contributed by atoms with Crippen LogP contribution in [0.4, 0.5) is 0 Å². The summed E-state index contributed by atoms with van der Waals surface area (Å²) < 4.78 is 0. The van der Waals surface area contributed by atoms with E-state index in [1.54, 1.807) is 6.07 Å². The van der Waals surface area contributed by atoms with Crippen molar-refractivity contribution in [3.05, 3.63) is 65.7 Å². The number of hydrogen-bond donors (Lipinski definition) is 1. The van der Waals surface area contributed by atoms with Crippen LogP contribution in [0, 0.1) is 0 Å². The lowest BCUT2D eigenvalue weighted by Crippen LogP contribution is -2.51. The Morgan fingerprint density at radius 1 is 1.08 bits per heavy atom. The number of benzene rings is 2. The lowest BCUT2D eigenvalue weighted by Gasteiger charge is -2.43. The van der Waals surface area contributed by atoms with Crippen molar-refractivity contribution in [1.29, 1.82) is 0 Å². The van der Waals surface area contributed by atoms with Gasteiger partial charge in [0.15, 0.2) is 0 Å². The zero-order chi connectivity index (χ0) is 18.1. The Morgan fingerprint density at radius 3 is 2.50 bits per heavy atom. The van der Waals surface area contributed by atoms with Gasteiger partial charge in [0.1, 0.15) is 5.75 Å². The van der Waals surface area contributed by atoms with E-state index in [1.165, 1.54) is 0 Å². The minimum Gasteiger partial charge on any atom is -0.508 e. The van der Waals surface area contributed by atoms with E-state index in [1.807, 2.05) is 42.3 Å². The Bertz CT molecular complexity index is 782. The van der Waals surface area contributed by atoms with Crippen LogP contribution in [-0.2, 0) is 11.3 Å². The van der Waals surface area contributed by atoms with Crippen LogP contribution in [-0.4, -0.2) is 46.5 Å². The molecule has 0 bridgehead atoms. The fraction of sp³-hybridized carbons (Fsp3) is 0.409. The van der Waals surface area contributed by atoms with Gasteiger partial charge >= 0.3 is 0 Å². The Balaban J connectivity index is 1.44. The van der Waals surface area contributed by atoms with Crippen LogP contribution in [0.3, 0.4) is 0 Å². The van der Waals surface area contributed by atoms with Crippen LogP contribution in [0.1, 0.15) is 36.3 Å². The van der Waals surface area contributed by atoms with Crippen LogP contribution < -0.4 is 0 Å². The molecule has 2 aromatic rings. The molecule has 26 heavy (non-hydrogen) atoms. The molecular formula is C22H26N2O2. The maximum atomic E-state index is 12.9. The predicted octanol–water partition coefficient (Wildman–Crippen LogP) is 3.37. The number of nitrogens with zero attached hydrogens (tertiary/aromatic N) is 2. The van der Waals surface area contributed by atoms with Crippen molar-refractivity contribution >= 4 is 5.91 Å². The van der Waals surface area contributed by atoms with E-state index < -0.39 is 0 Å². The first kappa shape index (κ1) is 17.1. The summed E-state index contributed by atoms with van der Waals surface area (Å²) in [5.74, 6) is 0.583. The van der Waals surface area contributed by atoms with Gasteiger partial charge in [-0.25, -0.2) is 0 Å². The molecule has 1 N–H and O–H groups in total. The van der Waals surface area contributed by atoms with Crippen molar-refractivity contribution in [2.75, 3.05) is 20.1 Å². The molecule has 4 heteroatoms. The largest absolute Gasteiger partial charge is 0.508 e. The molecule has 1 amide bonds. The maximum Gasteiger partial charge on any atom is 0.230 e. The highest BCUT2D eigenvalue weighted by Crippen LogP contribution is 2.44. The van der Waals surface area contributed by atoms with E-state index in [4.69, 9.17) is 0 Å². The fourth-order valence-corrected chi connectivity index (χ4v) is 4.60. The van der Waals surface area contributed by atoms with Crippen molar-refractivity contribution in [2.45, 2.75) is 37.3 Å². The third kappa shape index (κ3) is 3.10. The van der Waals surface area contributed by atoms with Gasteiger partial charge in [0.25, 0.3) is 0 Å². The number of phenolic OH excluding ortho intramolecular Hbond substituents is 1. The zero-order valence-corrected chi connectivity index (χ0v) is 15.3. The lowest BCUT2D eigenvalue weighted by atomic mass is 9.81. The molecule has 2 aliphatic rings. The van der Waals surface area contributed by atoms with Gasteiger partial charge in [0.05, 0.1) is 5.92 Å². The Morgan fingerprint density at radius 2 is 1.81 bits per heavy atom. The first-order valence-corrected chi connectivity index (χ1v) is 9.40. The standard InChI is InChI=1S/C22H26N2O2/c1-23-21(26)20(18-7-3-2-4-8-18)15-22(23)10-12-24(13-11-22)16-17-6-5-9-19(25)14-17/h2-9,14,20,25H,10-13,15-16H2,1H3. The van der Waals surface area contributed by atoms with Crippen molar-refractivity contribution in [3.63, 3.8) is 0 Å². The number of aromatic hydroxyl groups is 1. The molecule has 2 heterocycles. The number of rotatable bonds is 3. The second kappa shape index (κ2) is 6.76. The summed E-state index contributed by atoms with van der Waals surface area (Å²) in [5, 5.41) is 9.65. The smallest absolute Gasteiger partial charge is 0.230 e. The normalized spacial score (nSPS) is 22.9. The number of piperidine rings is 1. The van der Waals surface area contributed by atoms with Gasteiger partial charge in [0.2, 0.25) is 5.91 Å². The number of amides is 1. The number of hydrogen-bond acceptors (Lipinski definition) is 3. The topological polar surface area (TPSA) is 43.8 Å². The third-order valence-corrected chi connectivity index (χ3v) is 6.23. The number of phenols is 1. The second-order valence-corrected chi connectivity index (χ2v) is 7.74. The molecular weight excluding hydrogens is 324 g/mol. The summed E-state index contributed by atoms with van der Waals surface area (Å²) in [7, 11) is 1.98. The van der Waals surface area contributed by atoms with Crippen molar-refractivity contribution in [2.24, 2.45) is 0 Å². The van der Waals surface area contributed by atoms with E-state index in [9.17, 15) is 9.90 Å². The van der Waals surface area contributed by atoms with Crippen molar-refractivity contribution < 1.29 is 9.90 Å². The molecule has 136 valence electrons. The molecule has 2 fully saturated rings. The highest BCUT2D eigenvalue weighted by Gasteiger charge is 2.50. The van der Waals surface area contributed by atoms with Gasteiger partial charge in [-0.1, -0.05) is 42.5 Å². The Kier molecular flexibility index (Phi) is 4.45. The second-order valence-electron chi connectivity index (χ2n) is 7.74. The molecule has 4 nitrogen and oxygen atoms in total. The number of carbonyl (C=O) groups excluding carboxylic acids is 1. The van der Waals surface area contributed by atoms with Gasteiger partial charge in [-0.05, 0) is 42.5 Å². The molecule has 0 aliphatic carbocycles. The average molecular weight is 350 g/mol. The molecule has 4 rings (SSSR count). The van der Waals surface area contributed by atoms with Gasteiger partial charge in [0, 0.05) is 32.2 Å². The summed E-state index contributed by atoms with van der Waals surface area (Å²) in [5.41, 5.74) is 2.27. The highest BCUT2D eigenvalue weighted by molar-refractivity contribution is 5.87. The Labute approximate surface area is 155 Å². The molecule has 1 atom stereocenters. The van der Waals surface area contributed by atoms with Crippen molar-refractivity contribution in [3.8, 4) is 5.75 Å². The zero-order valence-electron chi connectivity index (χ0n) is 15.3. The van der Waals surface area contributed by atoms with Crippen LogP contribution in [0.25, 0.3) is 0 Å². The van der Waals surface area contributed by atoms with Crippen LogP contribution in [0.15, 0.2) is 54.6 Å². The summed E-state index contributed by atoms with van der Waals surface area (Å²) in [6, 6.07) is 17.7. The first-order valence-electron chi connectivity index (χ1n) is 9.40. The predicted molar refractivity (Wildman–Crippen MR) is 102 cm³/mol. The van der Waals surface area contributed by atoms with E-state index >= 15 is 0 Å². The van der Waals surface area contributed by atoms with Gasteiger partial charge in [-0.2, -0.15) is 0 Å². The summed E-state index contributed by atoms with van der Waals surface area (Å²) in [6.07, 6.45) is 2.95. The molecule has 0 radical (unpaired) electrons. The molecule has 2 aromatic carbocycles. The summed E-state index contributed by atoms with van der Waals surface area (Å²) in [6.45, 7) is 2.81. The summed E-state index contributed by atoms with van der Waals surface area (Å²) in [4.78, 5) is 17.3. The van der Waals surface area contributed by atoms with E-state index in [2.05, 4.69) is 23.1 Å². The quantitative estimate of drug-likeness (QED) is 0.923. The minimum atomic E-state index is -0.00703. The van der Waals surface area contributed by atoms with Gasteiger partial charge in [-0.15, -0.1) is 0 Å². The van der Waals surface area contributed by atoms with Crippen LogP contribution in [0.2, 0.25) is 0 Å². The number of likely N-dealkylation sites (N-methyl/N-ethyl adjacent to an activating group) is 1. The highest BCUT2D eigenvalue weighted by atomic mass is 16.3. The number of likely N-dealkylation sites (tertiary alicyclic amines) is 2. The number of carbonyl (C=O) groups is 1. The lowest BCUT2D eigenvalue weighted by molar-refractivity contribution is -0.131. The van der Waals surface area contributed by atoms with Gasteiger partial charge < -0.3 is 10.0 Å². The SMILES string of the molecule is CN1C(=O)C(c2ccccc2)CC12CCN(Cc1cccc(O)c1)CC2. The summed E-state index contributed by atoms with van der Waals surface area (Å²) >= 11 is 0. The van der Waals surface area contributed by atoms with Crippen molar-refractivity contribution in [1.82, 2.24) is 9.80 Å². The van der Waals surface area contributed by atoms with E-state index in [0.29, 0.717) is 5.75 Å². The monoisotopic (exact) mass is 350 g/mol. The third-order valence-electron chi connectivity index (χ3n) is 6.23. The molecule has 2 saturated heterocycles. The minimum absolute atomic E-state index is 0.00109. The molecule has 1 unspecified atom stereocenters. The van der Waals surface area contributed by atoms with Gasteiger partial charge in [-0.3, -0.25) is 9.69 Å². The molecule has 0 aromatic heterocycles. The molecule has 0 saturated carbocycles. The van der Waals surface area contributed by atoms with Crippen LogP contribution in [0.5, 0.6) is 5.75 Å². The van der Waals surface area contributed by atoms with E-state index in [-0.39, 0.29) is 17.4 Å². The first-order chi connectivity index (χ1) is 12.6. The van der Waals surface area contributed by atoms with E-state index in [0.717, 1.165) is 50.0 Å². The Hall–Kier alpha value is -2.33. The van der Waals surface area contributed by atoms with Crippen LogP contribution >= 0.6 is 0 Å². The molecule has 1 spiro atoms. The maximum absolute atomic E-state index is 12.9. The fourth-order valence-electron chi connectivity index (χ4n) is 4.60. The average Bonchev–Trinajstić information content (AvgIpc) is 2.90. The molecule has 2 aliphatic heterocycles.